The van der Waals surface area contributed by atoms with Gasteiger partial charge in [0.1, 0.15) is 5.82 Å². The normalized spacial score (nSPS) is 17.7. The Bertz CT molecular complexity index is 859. The summed E-state index contributed by atoms with van der Waals surface area (Å²) in [6, 6.07) is 9.92. The maximum Gasteiger partial charge on any atom is 0.229 e. The van der Waals surface area contributed by atoms with Crippen molar-refractivity contribution in [3.63, 3.8) is 0 Å². The Labute approximate surface area is 172 Å². The van der Waals surface area contributed by atoms with Gasteiger partial charge in [0.25, 0.3) is 0 Å². The van der Waals surface area contributed by atoms with Crippen LogP contribution in [0, 0.1) is 13.8 Å². The van der Waals surface area contributed by atoms with Gasteiger partial charge in [-0.2, -0.15) is 0 Å². The molecule has 3 rings (SSSR count). The van der Waals surface area contributed by atoms with Crippen LogP contribution in [0.2, 0.25) is 0 Å². The smallest absolute Gasteiger partial charge is 0.229 e. The monoisotopic (exact) mass is 394 g/mol. The van der Waals surface area contributed by atoms with Crippen LogP contribution >= 0.6 is 0 Å². The summed E-state index contributed by atoms with van der Waals surface area (Å²) in [6.45, 7) is 7.25. The molecule has 2 unspecified atom stereocenters. The average Bonchev–Trinajstić information content (AvgIpc) is 2.75. The number of rotatable bonds is 5. The van der Waals surface area contributed by atoms with E-state index in [1.807, 2.05) is 56.0 Å². The standard InChI is InChI=1S/C23H30N4O2/c1-15(18-9-6-5-7-10-18)23(29)27-12-8-11-19(14-27)22-25-16(2)20(17(3)26-22)13-21(28)24-4/h5-7,9-10,15,19H,8,11-14H2,1-4H3,(H,24,28). The van der Waals surface area contributed by atoms with Gasteiger partial charge in [0, 0.05) is 43.0 Å². The number of nitrogens with zero attached hydrogens (tertiary/aromatic N) is 3. The molecule has 1 aliphatic heterocycles. The molecule has 1 aromatic carbocycles. The van der Waals surface area contributed by atoms with E-state index in [2.05, 4.69) is 5.32 Å². The number of hydrogen-bond acceptors (Lipinski definition) is 4. The maximum absolute atomic E-state index is 13.1. The van der Waals surface area contributed by atoms with E-state index in [0.717, 1.165) is 47.7 Å². The number of likely N-dealkylation sites (N-methyl/N-ethyl adjacent to an activating group) is 1. The van der Waals surface area contributed by atoms with Crippen molar-refractivity contribution in [1.82, 2.24) is 20.2 Å². The highest BCUT2D eigenvalue weighted by Gasteiger charge is 2.30. The van der Waals surface area contributed by atoms with E-state index in [0.29, 0.717) is 6.54 Å². The summed E-state index contributed by atoms with van der Waals surface area (Å²) in [5.41, 5.74) is 3.62. The number of piperidine rings is 1. The molecule has 0 bridgehead atoms. The molecule has 6 nitrogen and oxygen atoms in total. The van der Waals surface area contributed by atoms with E-state index in [-0.39, 0.29) is 30.1 Å². The Morgan fingerprint density at radius 1 is 1.17 bits per heavy atom. The first-order chi connectivity index (χ1) is 13.9. The molecule has 6 heteroatoms. The van der Waals surface area contributed by atoms with Crippen LogP contribution in [0.15, 0.2) is 30.3 Å². The first-order valence-electron chi connectivity index (χ1n) is 10.3. The van der Waals surface area contributed by atoms with Gasteiger partial charge in [-0.05, 0) is 39.2 Å². The number of carbonyl (C=O) groups excluding carboxylic acids is 2. The van der Waals surface area contributed by atoms with Crippen molar-refractivity contribution in [2.24, 2.45) is 0 Å². The third-order valence-corrected chi connectivity index (χ3v) is 5.82. The Morgan fingerprint density at radius 2 is 1.83 bits per heavy atom. The third-order valence-electron chi connectivity index (χ3n) is 5.82. The molecule has 1 fully saturated rings. The zero-order valence-corrected chi connectivity index (χ0v) is 17.7. The average molecular weight is 395 g/mol. The largest absolute Gasteiger partial charge is 0.359 e. The number of aromatic nitrogens is 2. The van der Waals surface area contributed by atoms with Crippen LogP contribution in [0.5, 0.6) is 0 Å². The molecule has 0 spiro atoms. The fraction of sp³-hybridized carbons (Fsp3) is 0.478. The minimum absolute atomic E-state index is 0.0445. The van der Waals surface area contributed by atoms with Gasteiger partial charge in [0.15, 0.2) is 0 Å². The lowest BCUT2D eigenvalue weighted by Crippen LogP contribution is -2.41. The van der Waals surface area contributed by atoms with Crippen molar-refractivity contribution in [3.05, 3.63) is 58.7 Å². The molecule has 1 N–H and O–H groups in total. The highest BCUT2D eigenvalue weighted by molar-refractivity contribution is 5.83. The van der Waals surface area contributed by atoms with Crippen molar-refractivity contribution < 1.29 is 9.59 Å². The van der Waals surface area contributed by atoms with Crippen LogP contribution < -0.4 is 5.32 Å². The highest BCUT2D eigenvalue weighted by atomic mass is 16.2. The fourth-order valence-electron chi connectivity index (χ4n) is 4.00. The van der Waals surface area contributed by atoms with E-state index in [1.165, 1.54) is 0 Å². The summed E-state index contributed by atoms with van der Waals surface area (Å²) in [5.74, 6) is 0.865. The van der Waals surface area contributed by atoms with Gasteiger partial charge in [-0.3, -0.25) is 9.59 Å². The molecule has 2 amide bonds. The topological polar surface area (TPSA) is 75.2 Å². The summed E-state index contributed by atoms with van der Waals surface area (Å²) >= 11 is 0. The second-order valence-electron chi connectivity index (χ2n) is 7.84. The fourth-order valence-corrected chi connectivity index (χ4v) is 4.00. The lowest BCUT2D eigenvalue weighted by Gasteiger charge is -2.34. The van der Waals surface area contributed by atoms with Crippen LogP contribution in [-0.2, 0) is 16.0 Å². The Morgan fingerprint density at radius 3 is 2.45 bits per heavy atom. The van der Waals surface area contributed by atoms with Crippen molar-refractivity contribution in [3.8, 4) is 0 Å². The van der Waals surface area contributed by atoms with Crippen LogP contribution in [0.1, 0.15) is 59.9 Å². The number of likely N-dealkylation sites (tertiary alicyclic amines) is 1. The highest BCUT2D eigenvalue weighted by Crippen LogP contribution is 2.28. The number of aryl methyl sites for hydroxylation is 2. The molecule has 1 aliphatic rings. The van der Waals surface area contributed by atoms with Crippen LogP contribution in [-0.4, -0.2) is 46.8 Å². The molecule has 154 valence electrons. The molecule has 2 heterocycles. The summed E-state index contributed by atoms with van der Waals surface area (Å²) in [5, 5.41) is 2.65. The van der Waals surface area contributed by atoms with Gasteiger partial charge >= 0.3 is 0 Å². The Kier molecular flexibility index (Phi) is 6.62. The van der Waals surface area contributed by atoms with E-state index >= 15 is 0 Å². The lowest BCUT2D eigenvalue weighted by molar-refractivity contribution is -0.133. The third kappa shape index (κ3) is 4.81. The van der Waals surface area contributed by atoms with Gasteiger partial charge in [-0.1, -0.05) is 30.3 Å². The SMILES string of the molecule is CNC(=O)Cc1c(C)nc(C2CCCN(C(=O)C(C)c3ccccc3)C2)nc1C. The van der Waals surface area contributed by atoms with Crippen LogP contribution in [0.4, 0.5) is 0 Å². The van der Waals surface area contributed by atoms with Gasteiger partial charge in [0.05, 0.1) is 12.3 Å². The molecule has 29 heavy (non-hydrogen) atoms. The van der Waals surface area contributed by atoms with Crippen LogP contribution in [0.25, 0.3) is 0 Å². The quantitative estimate of drug-likeness (QED) is 0.846. The molecule has 2 aromatic rings. The van der Waals surface area contributed by atoms with Gasteiger partial charge in [0.2, 0.25) is 11.8 Å². The number of nitrogens with one attached hydrogen (secondary N) is 1. The van der Waals surface area contributed by atoms with Crippen molar-refractivity contribution >= 4 is 11.8 Å². The molecule has 2 atom stereocenters. The number of amides is 2. The minimum Gasteiger partial charge on any atom is -0.359 e. The number of carbonyl (C=O) groups is 2. The number of benzene rings is 1. The van der Waals surface area contributed by atoms with E-state index in [1.54, 1.807) is 7.05 Å². The Balaban J connectivity index is 1.75. The molecular weight excluding hydrogens is 364 g/mol. The summed E-state index contributed by atoms with van der Waals surface area (Å²) in [4.78, 5) is 36.2. The molecule has 0 radical (unpaired) electrons. The predicted molar refractivity (Wildman–Crippen MR) is 113 cm³/mol. The molecule has 0 aliphatic carbocycles. The van der Waals surface area contributed by atoms with Crippen LogP contribution in [0.3, 0.4) is 0 Å². The van der Waals surface area contributed by atoms with Crippen molar-refractivity contribution in [2.75, 3.05) is 20.1 Å². The second-order valence-corrected chi connectivity index (χ2v) is 7.84. The Hall–Kier alpha value is -2.76. The summed E-state index contributed by atoms with van der Waals surface area (Å²) < 4.78 is 0. The van der Waals surface area contributed by atoms with E-state index < -0.39 is 0 Å². The molecular formula is C23H30N4O2. The predicted octanol–water partition coefficient (Wildman–Crippen LogP) is 2.89. The lowest BCUT2D eigenvalue weighted by atomic mass is 9.93. The minimum atomic E-state index is -0.158. The van der Waals surface area contributed by atoms with E-state index in [9.17, 15) is 9.59 Å². The molecule has 1 saturated heterocycles. The first kappa shape index (κ1) is 21.0. The first-order valence-corrected chi connectivity index (χ1v) is 10.3. The summed E-state index contributed by atoms with van der Waals surface area (Å²) in [7, 11) is 1.63. The van der Waals surface area contributed by atoms with Crippen molar-refractivity contribution in [2.45, 2.75) is 51.9 Å². The van der Waals surface area contributed by atoms with E-state index in [4.69, 9.17) is 9.97 Å². The summed E-state index contributed by atoms with van der Waals surface area (Å²) in [6.07, 6.45) is 2.20. The van der Waals surface area contributed by atoms with Gasteiger partial charge < -0.3 is 10.2 Å². The maximum atomic E-state index is 13.1. The zero-order valence-electron chi connectivity index (χ0n) is 17.7. The number of hydrogen-bond donors (Lipinski definition) is 1. The van der Waals surface area contributed by atoms with Gasteiger partial charge in [-0.25, -0.2) is 9.97 Å². The van der Waals surface area contributed by atoms with Gasteiger partial charge in [-0.15, -0.1) is 0 Å². The zero-order chi connectivity index (χ0) is 21.0. The second kappa shape index (κ2) is 9.16. The molecule has 1 aromatic heterocycles. The van der Waals surface area contributed by atoms with Crippen molar-refractivity contribution in [1.29, 1.82) is 0 Å². The molecule has 0 saturated carbocycles.